The molecule has 0 spiro atoms. The van der Waals surface area contributed by atoms with Gasteiger partial charge in [0, 0.05) is 11.9 Å². The van der Waals surface area contributed by atoms with Gasteiger partial charge in [0.2, 0.25) is 0 Å². The Balaban J connectivity index is 1.71. The maximum atomic E-state index is 12.5. The lowest BCUT2D eigenvalue weighted by Gasteiger charge is -2.38. The summed E-state index contributed by atoms with van der Waals surface area (Å²) in [5.41, 5.74) is 2.22. The lowest BCUT2D eigenvalue weighted by Crippen LogP contribution is -2.54. The van der Waals surface area contributed by atoms with E-state index < -0.39 is 0 Å². The zero-order valence-electron chi connectivity index (χ0n) is 11.2. The van der Waals surface area contributed by atoms with Crippen LogP contribution in [-0.2, 0) is 9.47 Å². The average molecular weight is 294 g/mol. The molecule has 1 aromatic heterocycles. The van der Waals surface area contributed by atoms with Gasteiger partial charge in [-0.3, -0.25) is 4.79 Å². The van der Waals surface area contributed by atoms with Crippen LogP contribution in [0.15, 0.2) is 23.5 Å². The molecule has 0 N–H and O–H groups in total. The first-order chi connectivity index (χ1) is 9.81. The van der Waals surface area contributed by atoms with Crippen molar-refractivity contribution in [3.05, 3.63) is 29.2 Å². The molecule has 3 atom stereocenters. The Morgan fingerprint density at radius 2 is 2.55 bits per heavy atom. The number of amides is 1. The summed E-state index contributed by atoms with van der Waals surface area (Å²) in [6.07, 6.45) is 3.62. The fraction of sp³-hybridized carbons (Fsp3) is 0.571. The lowest BCUT2D eigenvalue weighted by atomic mass is 10.1. The van der Waals surface area contributed by atoms with Crippen molar-refractivity contribution < 1.29 is 14.3 Å². The molecule has 1 saturated heterocycles. The van der Waals surface area contributed by atoms with Crippen LogP contribution >= 0.6 is 11.3 Å². The molecule has 0 radical (unpaired) electrons. The van der Waals surface area contributed by atoms with Gasteiger partial charge in [0.25, 0.3) is 5.91 Å². The van der Waals surface area contributed by atoms with Crippen LogP contribution in [-0.4, -0.2) is 53.8 Å². The van der Waals surface area contributed by atoms with E-state index in [0.29, 0.717) is 25.5 Å². The second-order valence-electron chi connectivity index (χ2n) is 5.01. The number of rotatable bonds is 4. The van der Waals surface area contributed by atoms with Crippen LogP contribution in [0.25, 0.3) is 0 Å². The fourth-order valence-corrected chi connectivity index (χ4v) is 3.53. The molecule has 2 fully saturated rings. The Kier molecular flexibility index (Phi) is 4.14. The summed E-state index contributed by atoms with van der Waals surface area (Å²) in [6, 6.07) is 0.104. The maximum absolute atomic E-state index is 12.5. The highest BCUT2D eigenvalue weighted by Gasteiger charge is 2.45. The normalized spacial score (nSPS) is 29.2. The van der Waals surface area contributed by atoms with Gasteiger partial charge in [-0.05, 0) is 12.8 Å². The van der Waals surface area contributed by atoms with Gasteiger partial charge in [0.05, 0.1) is 30.9 Å². The monoisotopic (exact) mass is 294 g/mol. The van der Waals surface area contributed by atoms with Gasteiger partial charge in [-0.25, -0.2) is 4.98 Å². The molecular formula is C14H18N2O3S. The second-order valence-corrected chi connectivity index (χ2v) is 5.73. The summed E-state index contributed by atoms with van der Waals surface area (Å²) in [7, 11) is 0. The largest absolute Gasteiger partial charge is 0.372 e. The van der Waals surface area contributed by atoms with Crippen molar-refractivity contribution in [2.75, 3.05) is 19.8 Å². The highest BCUT2D eigenvalue weighted by Crippen LogP contribution is 2.32. The smallest absolute Gasteiger partial charge is 0.273 e. The maximum Gasteiger partial charge on any atom is 0.273 e. The number of hydrogen-bond acceptors (Lipinski definition) is 5. The van der Waals surface area contributed by atoms with E-state index >= 15 is 0 Å². The molecule has 0 bridgehead atoms. The number of morpholine rings is 1. The first-order valence-electron chi connectivity index (χ1n) is 6.84. The van der Waals surface area contributed by atoms with E-state index in [2.05, 4.69) is 11.6 Å². The van der Waals surface area contributed by atoms with Crippen molar-refractivity contribution in [2.24, 2.45) is 0 Å². The van der Waals surface area contributed by atoms with Gasteiger partial charge < -0.3 is 14.4 Å². The fourth-order valence-electron chi connectivity index (χ4n) is 3.00. The highest BCUT2D eigenvalue weighted by atomic mass is 32.1. The summed E-state index contributed by atoms with van der Waals surface area (Å²) in [4.78, 5) is 18.5. The number of fused-ring (bicyclic) bond motifs is 1. The Morgan fingerprint density at radius 3 is 3.30 bits per heavy atom. The first kappa shape index (κ1) is 13.7. The molecule has 0 unspecified atom stereocenters. The topological polar surface area (TPSA) is 51.7 Å². The zero-order valence-corrected chi connectivity index (χ0v) is 12.1. The van der Waals surface area contributed by atoms with Crippen molar-refractivity contribution in [2.45, 2.75) is 31.1 Å². The molecule has 0 aromatic carbocycles. The van der Waals surface area contributed by atoms with Gasteiger partial charge in [-0.15, -0.1) is 17.9 Å². The molecule has 1 amide bonds. The van der Waals surface area contributed by atoms with Crippen molar-refractivity contribution in [3.63, 3.8) is 0 Å². The number of ether oxygens (including phenoxy) is 2. The van der Waals surface area contributed by atoms with Crippen molar-refractivity contribution in [1.82, 2.24) is 9.88 Å². The van der Waals surface area contributed by atoms with Crippen LogP contribution < -0.4 is 0 Å². The predicted octanol–water partition coefficient (Wildman–Crippen LogP) is 1.72. The van der Waals surface area contributed by atoms with Crippen LogP contribution in [0.1, 0.15) is 23.3 Å². The van der Waals surface area contributed by atoms with Gasteiger partial charge >= 0.3 is 0 Å². The third-order valence-corrected chi connectivity index (χ3v) is 4.46. The van der Waals surface area contributed by atoms with E-state index in [1.807, 2.05) is 4.90 Å². The molecule has 3 rings (SSSR count). The summed E-state index contributed by atoms with van der Waals surface area (Å²) >= 11 is 1.44. The highest BCUT2D eigenvalue weighted by molar-refractivity contribution is 7.07. The number of carbonyl (C=O) groups is 1. The number of hydrogen-bond donors (Lipinski definition) is 0. The molecule has 2 heterocycles. The van der Waals surface area contributed by atoms with Crippen molar-refractivity contribution >= 4 is 17.2 Å². The zero-order chi connectivity index (χ0) is 13.9. The number of aromatic nitrogens is 1. The van der Waals surface area contributed by atoms with Gasteiger partial charge in [0.15, 0.2) is 0 Å². The minimum absolute atomic E-state index is 0.00826. The minimum Gasteiger partial charge on any atom is -0.372 e. The van der Waals surface area contributed by atoms with Crippen LogP contribution in [0.5, 0.6) is 0 Å². The van der Waals surface area contributed by atoms with Gasteiger partial charge in [0.1, 0.15) is 11.8 Å². The summed E-state index contributed by atoms with van der Waals surface area (Å²) in [5.74, 6) is 0.00826. The Morgan fingerprint density at radius 1 is 1.65 bits per heavy atom. The predicted molar refractivity (Wildman–Crippen MR) is 75.8 cm³/mol. The average Bonchev–Trinajstić information content (AvgIpc) is 3.13. The van der Waals surface area contributed by atoms with Crippen LogP contribution in [0, 0.1) is 0 Å². The Hall–Kier alpha value is -1.24. The number of thiazole rings is 1. The summed E-state index contributed by atoms with van der Waals surface area (Å²) in [6.45, 7) is 5.38. The van der Waals surface area contributed by atoms with E-state index in [-0.39, 0.29) is 24.2 Å². The molecule has 20 heavy (non-hydrogen) atoms. The molecule has 1 aliphatic carbocycles. The Bertz CT molecular complexity index is 477. The number of carbonyl (C=O) groups excluding carboxylic acids is 1. The summed E-state index contributed by atoms with van der Waals surface area (Å²) in [5, 5.41) is 1.80. The third-order valence-electron chi connectivity index (χ3n) is 3.88. The van der Waals surface area contributed by atoms with Crippen LogP contribution in [0.4, 0.5) is 0 Å². The molecule has 5 nitrogen and oxygen atoms in total. The van der Waals surface area contributed by atoms with Crippen LogP contribution in [0.2, 0.25) is 0 Å². The van der Waals surface area contributed by atoms with Crippen LogP contribution in [0.3, 0.4) is 0 Å². The minimum atomic E-state index is -0.0220. The molecule has 1 saturated carbocycles. The quantitative estimate of drug-likeness (QED) is 0.793. The molecule has 1 aliphatic heterocycles. The summed E-state index contributed by atoms with van der Waals surface area (Å²) < 4.78 is 11.6. The van der Waals surface area contributed by atoms with E-state index in [1.165, 1.54) is 11.3 Å². The van der Waals surface area contributed by atoms with Crippen molar-refractivity contribution in [1.29, 1.82) is 0 Å². The molecule has 1 aromatic rings. The first-order valence-corrected chi connectivity index (χ1v) is 7.79. The van der Waals surface area contributed by atoms with E-state index in [4.69, 9.17) is 9.47 Å². The standard InChI is InChI=1S/C14H18N2O3S/c1-2-6-18-12-4-3-11-13(12)19-7-5-16(11)14(17)10-8-20-9-15-10/h2,8-9,11-13H,1,3-7H2/t11-,12-,13+/m1/s1. The van der Waals surface area contributed by atoms with Gasteiger partial charge in [-0.1, -0.05) is 6.08 Å². The molecule has 6 heteroatoms. The number of nitrogens with zero attached hydrogens (tertiary/aromatic N) is 2. The molecule has 2 aliphatic rings. The Labute approximate surface area is 122 Å². The van der Waals surface area contributed by atoms with E-state index in [0.717, 1.165) is 12.8 Å². The second kappa shape index (κ2) is 6.03. The SMILES string of the molecule is C=CCO[C@@H]1CC[C@@H]2[C@@H]1OCCN2C(=O)c1cscn1. The molecule has 108 valence electrons. The lowest BCUT2D eigenvalue weighted by molar-refractivity contribution is -0.100. The van der Waals surface area contributed by atoms with Gasteiger partial charge in [-0.2, -0.15) is 0 Å². The van der Waals surface area contributed by atoms with Crippen molar-refractivity contribution in [3.8, 4) is 0 Å². The van der Waals surface area contributed by atoms with E-state index in [9.17, 15) is 4.79 Å². The third kappa shape index (κ3) is 2.51. The van der Waals surface area contributed by atoms with E-state index in [1.54, 1.807) is 17.0 Å². The molecular weight excluding hydrogens is 276 g/mol.